The van der Waals surface area contributed by atoms with Gasteiger partial charge in [0, 0.05) is 5.75 Å². The minimum absolute atomic E-state index is 0.697. The molecule has 0 aromatic carbocycles. The molecular weight excluding hydrogens is 178 g/mol. The zero-order valence-electron chi connectivity index (χ0n) is 5.80. The van der Waals surface area contributed by atoms with Gasteiger partial charge in [-0.15, -0.1) is 6.58 Å². The van der Waals surface area contributed by atoms with E-state index in [1.165, 1.54) is 18.1 Å². The van der Waals surface area contributed by atoms with Crippen molar-refractivity contribution >= 4 is 28.3 Å². The van der Waals surface area contributed by atoms with Gasteiger partial charge >= 0.3 is 0 Å². The van der Waals surface area contributed by atoms with E-state index in [0.717, 1.165) is 5.75 Å². The molecule has 0 fully saturated rings. The van der Waals surface area contributed by atoms with Crippen molar-refractivity contribution in [3.63, 3.8) is 0 Å². The predicted octanol–water partition coefficient (Wildman–Crippen LogP) is 1.33. The van der Waals surface area contributed by atoms with Crippen LogP contribution in [0.25, 0.3) is 0 Å². The Kier molecular flexibility index (Phi) is 3.25. The number of thiocarbonyl (C=S) groups is 1. The first kappa shape index (κ1) is 8.42. The van der Waals surface area contributed by atoms with Gasteiger partial charge in [-0.2, -0.15) is 5.10 Å². The summed E-state index contributed by atoms with van der Waals surface area (Å²) in [7, 11) is 0. The van der Waals surface area contributed by atoms with Crippen molar-refractivity contribution in [2.75, 3.05) is 5.75 Å². The van der Waals surface area contributed by atoms with Gasteiger partial charge in [0.2, 0.25) is 0 Å². The van der Waals surface area contributed by atoms with E-state index in [1.807, 2.05) is 0 Å². The minimum atomic E-state index is 0.697. The molecule has 0 atom stereocenters. The maximum atomic E-state index is 5.02. The Morgan fingerprint density at radius 1 is 1.82 bits per heavy atom. The van der Waals surface area contributed by atoms with Gasteiger partial charge in [-0.1, -0.05) is 30.1 Å². The van der Waals surface area contributed by atoms with E-state index < -0.39 is 0 Å². The van der Waals surface area contributed by atoms with Gasteiger partial charge in [-0.25, -0.2) is 9.67 Å². The van der Waals surface area contributed by atoms with Gasteiger partial charge in [-0.3, -0.25) is 0 Å². The molecule has 0 bridgehead atoms. The van der Waals surface area contributed by atoms with Crippen LogP contribution in [0, 0.1) is 0 Å². The third-order valence-corrected chi connectivity index (χ3v) is 2.31. The van der Waals surface area contributed by atoms with Gasteiger partial charge in [0.05, 0.1) is 0 Å². The van der Waals surface area contributed by atoms with Crippen molar-refractivity contribution < 1.29 is 0 Å². The van der Waals surface area contributed by atoms with Crippen molar-refractivity contribution in [3.05, 3.63) is 25.3 Å². The minimum Gasteiger partial charge on any atom is -0.223 e. The normalized spacial score (nSPS) is 9.45. The lowest BCUT2D eigenvalue weighted by molar-refractivity contribution is 0.963. The Bertz CT molecular complexity index is 242. The van der Waals surface area contributed by atoms with Gasteiger partial charge < -0.3 is 0 Å². The van der Waals surface area contributed by atoms with Gasteiger partial charge in [0.15, 0.2) is 4.32 Å². The molecule has 1 aromatic heterocycles. The van der Waals surface area contributed by atoms with Crippen LogP contribution in [-0.2, 0) is 0 Å². The molecule has 1 heterocycles. The first-order chi connectivity index (χ1) is 5.34. The Morgan fingerprint density at radius 2 is 2.64 bits per heavy atom. The number of hydrogen-bond acceptors (Lipinski definition) is 4. The van der Waals surface area contributed by atoms with Crippen molar-refractivity contribution in [2.45, 2.75) is 0 Å². The Balaban J connectivity index is 2.49. The summed E-state index contributed by atoms with van der Waals surface area (Å²) in [5, 5.41) is 3.88. The topological polar surface area (TPSA) is 30.7 Å². The van der Waals surface area contributed by atoms with E-state index in [2.05, 4.69) is 16.7 Å². The predicted molar refractivity (Wildman–Crippen MR) is 50.7 cm³/mol. The highest BCUT2D eigenvalue weighted by Crippen LogP contribution is 2.04. The molecule has 0 amide bonds. The fraction of sp³-hybridized carbons (Fsp3) is 0.167. The Labute approximate surface area is 74.5 Å². The summed E-state index contributed by atoms with van der Waals surface area (Å²) in [4.78, 5) is 3.78. The lowest BCUT2D eigenvalue weighted by Gasteiger charge is -1.97. The molecule has 0 saturated carbocycles. The van der Waals surface area contributed by atoms with Gasteiger partial charge in [-0.05, 0) is 0 Å². The molecule has 5 heteroatoms. The van der Waals surface area contributed by atoms with Crippen LogP contribution in [-0.4, -0.2) is 24.8 Å². The third-order valence-electron chi connectivity index (χ3n) is 0.930. The zero-order valence-corrected chi connectivity index (χ0v) is 7.44. The van der Waals surface area contributed by atoms with Crippen LogP contribution in [0.15, 0.2) is 25.3 Å². The van der Waals surface area contributed by atoms with Gasteiger partial charge in [0.1, 0.15) is 12.7 Å². The van der Waals surface area contributed by atoms with E-state index >= 15 is 0 Å². The number of nitrogens with zero attached hydrogens (tertiary/aromatic N) is 3. The fourth-order valence-corrected chi connectivity index (χ4v) is 1.28. The number of hydrogen-bond donors (Lipinski definition) is 0. The van der Waals surface area contributed by atoms with Crippen LogP contribution >= 0.6 is 24.0 Å². The summed E-state index contributed by atoms with van der Waals surface area (Å²) in [6, 6.07) is 0. The second-order valence-corrected chi connectivity index (χ2v) is 3.36. The molecule has 0 radical (unpaired) electrons. The molecule has 11 heavy (non-hydrogen) atoms. The molecule has 3 nitrogen and oxygen atoms in total. The van der Waals surface area contributed by atoms with Crippen molar-refractivity contribution in [3.8, 4) is 0 Å². The summed E-state index contributed by atoms with van der Waals surface area (Å²) < 4.78 is 2.26. The summed E-state index contributed by atoms with van der Waals surface area (Å²) in [5.41, 5.74) is 0. The second kappa shape index (κ2) is 4.25. The first-order valence-electron chi connectivity index (χ1n) is 2.97. The van der Waals surface area contributed by atoms with Crippen molar-refractivity contribution in [2.24, 2.45) is 0 Å². The summed E-state index contributed by atoms with van der Waals surface area (Å²) in [6.07, 6.45) is 4.84. The summed E-state index contributed by atoms with van der Waals surface area (Å²) in [5.74, 6) is 0.804. The average Bonchev–Trinajstić information content (AvgIpc) is 2.52. The highest BCUT2D eigenvalue weighted by Gasteiger charge is 1.97. The molecule has 1 aromatic rings. The second-order valence-electron chi connectivity index (χ2n) is 1.71. The molecule has 1 rings (SSSR count). The molecule has 0 N–H and O–H groups in total. The molecule has 0 aliphatic heterocycles. The molecule has 0 spiro atoms. The molecule has 0 aliphatic carbocycles. The lowest BCUT2D eigenvalue weighted by Crippen LogP contribution is -2.05. The van der Waals surface area contributed by atoms with E-state index in [4.69, 9.17) is 12.2 Å². The monoisotopic (exact) mass is 185 g/mol. The maximum Gasteiger partial charge on any atom is 0.163 e. The number of rotatable bonds is 2. The number of thioether (sulfide) groups is 1. The SMILES string of the molecule is C=CCSC(=S)n1cncn1. The molecule has 0 aliphatic rings. The standard InChI is InChI=1S/C6H7N3S2/c1-2-3-11-6(10)9-5-7-4-8-9/h2,4-5H,1,3H2. The summed E-state index contributed by atoms with van der Waals surface area (Å²) in [6.45, 7) is 3.59. The van der Waals surface area contributed by atoms with Crippen LogP contribution in [0.2, 0.25) is 0 Å². The molecule has 0 saturated heterocycles. The van der Waals surface area contributed by atoms with Crippen LogP contribution in [0.1, 0.15) is 0 Å². The maximum absolute atomic E-state index is 5.02. The highest BCUT2D eigenvalue weighted by atomic mass is 32.2. The summed E-state index contributed by atoms with van der Waals surface area (Å²) >= 11 is 6.52. The Morgan fingerprint density at radius 3 is 3.18 bits per heavy atom. The van der Waals surface area contributed by atoms with Crippen LogP contribution in [0.4, 0.5) is 0 Å². The van der Waals surface area contributed by atoms with E-state index in [-0.39, 0.29) is 0 Å². The van der Waals surface area contributed by atoms with Crippen LogP contribution in [0.3, 0.4) is 0 Å². The molecule has 0 unspecified atom stereocenters. The lowest BCUT2D eigenvalue weighted by atomic mass is 10.8. The van der Waals surface area contributed by atoms with Crippen molar-refractivity contribution in [1.29, 1.82) is 0 Å². The van der Waals surface area contributed by atoms with E-state index in [9.17, 15) is 0 Å². The first-order valence-corrected chi connectivity index (χ1v) is 4.36. The van der Waals surface area contributed by atoms with E-state index in [0.29, 0.717) is 4.32 Å². The Hall–Kier alpha value is -0.680. The molecule has 58 valence electrons. The zero-order chi connectivity index (χ0) is 8.10. The average molecular weight is 185 g/mol. The third kappa shape index (κ3) is 2.44. The van der Waals surface area contributed by atoms with Gasteiger partial charge in [0.25, 0.3) is 0 Å². The number of aromatic nitrogens is 3. The van der Waals surface area contributed by atoms with Crippen LogP contribution in [0.5, 0.6) is 0 Å². The highest BCUT2D eigenvalue weighted by molar-refractivity contribution is 8.23. The van der Waals surface area contributed by atoms with E-state index in [1.54, 1.807) is 17.1 Å². The quantitative estimate of drug-likeness (QED) is 0.514. The fourth-order valence-electron chi connectivity index (χ4n) is 0.499. The molecular formula is C6H7N3S2. The van der Waals surface area contributed by atoms with Crippen molar-refractivity contribution in [1.82, 2.24) is 14.8 Å². The van der Waals surface area contributed by atoms with Crippen LogP contribution < -0.4 is 0 Å². The largest absolute Gasteiger partial charge is 0.223 e. The smallest absolute Gasteiger partial charge is 0.163 e.